The van der Waals surface area contributed by atoms with Gasteiger partial charge in [-0.05, 0) is 43.5 Å². The lowest BCUT2D eigenvalue weighted by Crippen LogP contribution is -2.37. The molecule has 0 aliphatic carbocycles. The maximum Gasteiger partial charge on any atom is 0.247 e. The van der Waals surface area contributed by atoms with Crippen LogP contribution in [0.4, 0.5) is 5.69 Å². The third kappa shape index (κ3) is 4.90. The lowest BCUT2D eigenvalue weighted by atomic mass is 10.0. The van der Waals surface area contributed by atoms with Crippen molar-refractivity contribution in [1.29, 1.82) is 5.26 Å². The first-order valence-electron chi connectivity index (χ1n) is 11.4. The minimum atomic E-state index is -0.756. The Labute approximate surface area is 204 Å². The van der Waals surface area contributed by atoms with Gasteiger partial charge in [-0.1, -0.05) is 56.3 Å². The van der Waals surface area contributed by atoms with Gasteiger partial charge in [-0.3, -0.25) is 9.69 Å². The molecule has 3 aromatic rings. The van der Waals surface area contributed by atoms with Crippen LogP contribution in [0.15, 0.2) is 47.6 Å². The number of hydrogen-bond acceptors (Lipinski definition) is 7. The second-order valence-corrected chi connectivity index (χ2v) is 9.68. The van der Waals surface area contributed by atoms with Crippen molar-refractivity contribution in [3.63, 3.8) is 0 Å². The zero-order valence-electron chi connectivity index (χ0n) is 19.8. The molecule has 1 amide bonds. The summed E-state index contributed by atoms with van der Waals surface area (Å²) in [6.07, 6.45) is 0.587. The molecule has 174 valence electrons. The molecular formula is C26H27N5O2S. The van der Waals surface area contributed by atoms with Crippen LogP contribution < -0.4 is 9.64 Å². The Morgan fingerprint density at radius 2 is 1.97 bits per heavy atom. The van der Waals surface area contributed by atoms with Gasteiger partial charge in [0.2, 0.25) is 23.2 Å². The zero-order chi connectivity index (χ0) is 24.2. The molecule has 2 heterocycles. The van der Waals surface area contributed by atoms with E-state index in [1.807, 2.05) is 44.2 Å². The summed E-state index contributed by atoms with van der Waals surface area (Å²) in [4.78, 5) is 19.6. The predicted octanol–water partition coefficient (Wildman–Crippen LogP) is 5.69. The molecule has 0 radical (unpaired) electrons. The summed E-state index contributed by atoms with van der Waals surface area (Å²) in [6.45, 7) is 8.18. The van der Waals surface area contributed by atoms with Crippen molar-refractivity contribution in [3.05, 3.63) is 59.2 Å². The van der Waals surface area contributed by atoms with E-state index in [0.29, 0.717) is 40.3 Å². The first-order valence-corrected chi connectivity index (χ1v) is 12.4. The molecule has 0 fully saturated rings. The van der Waals surface area contributed by atoms with Crippen molar-refractivity contribution in [2.75, 3.05) is 10.7 Å². The van der Waals surface area contributed by atoms with Crippen LogP contribution >= 0.6 is 11.8 Å². The Morgan fingerprint density at radius 1 is 1.21 bits per heavy atom. The molecule has 0 spiro atoms. The van der Waals surface area contributed by atoms with Gasteiger partial charge >= 0.3 is 0 Å². The van der Waals surface area contributed by atoms with Gasteiger partial charge in [0, 0.05) is 23.3 Å². The number of ether oxygens (including phenoxy) is 1. The van der Waals surface area contributed by atoms with Gasteiger partial charge in [-0.2, -0.15) is 10.2 Å². The van der Waals surface area contributed by atoms with Crippen LogP contribution in [0.1, 0.15) is 56.5 Å². The lowest BCUT2D eigenvalue weighted by Gasteiger charge is -2.30. The monoisotopic (exact) mass is 473 g/mol. The third-order valence-corrected chi connectivity index (χ3v) is 6.45. The number of aromatic nitrogens is 3. The molecule has 2 aromatic carbocycles. The molecule has 0 saturated carbocycles. The molecule has 0 N–H and O–H groups in total. The SMILES string of the molecule is CCC(=O)N1c2ccc(C)cc2-c2nnc(SCCC(C)C)nc2O[C@@H]1c1ccc(C#N)cc1. The molecule has 0 unspecified atom stereocenters. The van der Waals surface area contributed by atoms with Crippen molar-refractivity contribution >= 4 is 23.4 Å². The van der Waals surface area contributed by atoms with Gasteiger partial charge in [0.1, 0.15) is 0 Å². The van der Waals surface area contributed by atoms with Crippen LogP contribution in [0.3, 0.4) is 0 Å². The summed E-state index contributed by atoms with van der Waals surface area (Å²) in [7, 11) is 0. The maximum absolute atomic E-state index is 13.2. The number of amides is 1. The number of carbonyl (C=O) groups excluding carboxylic acids is 1. The molecular weight excluding hydrogens is 446 g/mol. The van der Waals surface area contributed by atoms with Crippen molar-refractivity contribution < 1.29 is 9.53 Å². The van der Waals surface area contributed by atoms with Crippen LogP contribution in [0.2, 0.25) is 0 Å². The number of nitrogens with zero attached hydrogens (tertiary/aromatic N) is 5. The minimum absolute atomic E-state index is 0.0910. The number of aryl methyl sites for hydroxylation is 1. The number of nitriles is 1. The Kier molecular flexibility index (Phi) is 7.13. The summed E-state index contributed by atoms with van der Waals surface area (Å²) in [5.74, 6) is 1.72. The number of fused-ring (bicyclic) bond motifs is 3. The van der Waals surface area contributed by atoms with E-state index >= 15 is 0 Å². The first-order chi connectivity index (χ1) is 16.4. The standard InChI is InChI=1S/C26H27N5O2S/c1-5-22(32)31-21-11-6-17(4)14-20(21)23-24(28-26(30-29-23)34-13-12-16(2)3)33-25(31)19-9-7-18(15-27)8-10-19/h6-11,14,16,25H,5,12-13H2,1-4H3/t25-/m1/s1. The highest BCUT2D eigenvalue weighted by Gasteiger charge is 2.35. The fourth-order valence-corrected chi connectivity index (χ4v) is 4.72. The Balaban J connectivity index is 1.85. The quantitative estimate of drug-likeness (QED) is 0.425. The van der Waals surface area contributed by atoms with E-state index in [1.165, 1.54) is 0 Å². The summed E-state index contributed by atoms with van der Waals surface area (Å²) < 4.78 is 6.44. The van der Waals surface area contributed by atoms with E-state index in [-0.39, 0.29) is 5.91 Å². The van der Waals surface area contributed by atoms with Crippen LogP contribution in [0.5, 0.6) is 5.88 Å². The van der Waals surface area contributed by atoms with E-state index in [2.05, 4.69) is 30.1 Å². The van der Waals surface area contributed by atoms with Gasteiger partial charge in [-0.15, -0.1) is 10.2 Å². The number of benzene rings is 2. The summed E-state index contributed by atoms with van der Waals surface area (Å²) in [6, 6.07) is 15.1. The number of rotatable bonds is 6. The summed E-state index contributed by atoms with van der Waals surface area (Å²) in [5.41, 5.74) is 4.27. The Hall–Kier alpha value is -3.44. The Bertz CT molecular complexity index is 1240. The van der Waals surface area contributed by atoms with Gasteiger partial charge in [0.15, 0.2) is 5.69 Å². The van der Waals surface area contributed by atoms with Gasteiger partial charge in [-0.25, -0.2) is 0 Å². The molecule has 4 rings (SSSR count). The van der Waals surface area contributed by atoms with Gasteiger partial charge < -0.3 is 4.74 Å². The van der Waals surface area contributed by atoms with Crippen LogP contribution in [-0.4, -0.2) is 26.8 Å². The van der Waals surface area contributed by atoms with Crippen molar-refractivity contribution in [2.45, 2.75) is 51.9 Å². The fourth-order valence-electron chi connectivity index (χ4n) is 3.71. The smallest absolute Gasteiger partial charge is 0.247 e. The predicted molar refractivity (Wildman–Crippen MR) is 132 cm³/mol. The summed E-state index contributed by atoms with van der Waals surface area (Å²) >= 11 is 1.55. The van der Waals surface area contributed by atoms with Crippen LogP contribution in [0.25, 0.3) is 11.3 Å². The van der Waals surface area contributed by atoms with Crippen LogP contribution in [-0.2, 0) is 4.79 Å². The second kappa shape index (κ2) is 10.2. The molecule has 0 saturated heterocycles. The fraction of sp³-hybridized carbons (Fsp3) is 0.346. The number of thioether (sulfide) groups is 1. The topological polar surface area (TPSA) is 92.0 Å². The lowest BCUT2D eigenvalue weighted by molar-refractivity contribution is -0.120. The van der Waals surface area contributed by atoms with E-state index in [9.17, 15) is 10.1 Å². The van der Waals surface area contributed by atoms with Crippen LogP contribution in [0, 0.1) is 24.2 Å². The van der Waals surface area contributed by atoms with Crippen molar-refractivity contribution in [1.82, 2.24) is 15.2 Å². The van der Waals surface area contributed by atoms with Gasteiger partial charge in [0.05, 0.1) is 17.3 Å². The van der Waals surface area contributed by atoms with Crippen molar-refractivity contribution in [2.24, 2.45) is 5.92 Å². The molecule has 1 aromatic heterocycles. The highest BCUT2D eigenvalue weighted by Crippen LogP contribution is 2.44. The second-order valence-electron chi connectivity index (χ2n) is 8.62. The number of anilines is 1. The average Bonchev–Trinajstić information content (AvgIpc) is 2.97. The molecule has 1 aliphatic heterocycles. The van der Waals surface area contributed by atoms with E-state index in [4.69, 9.17) is 9.72 Å². The Morgan fingerprint density at radius 3 is 2.65 bits per heavy atom. The van der Waals surface area contributed by atoms with Gasteiger partial charge in [0.25, 0.3) is 0 Å². The molecule has 0 bridgehead atoms. The molecule has 34 heavy (non-hydrogen) atoms. The number of carbonyl (C=O) groups is 1. The van der Waals surface area contributed by atoms with E-state index < -0.39 is 6.23 Å². The van der Waals surface area contributed by atoms with E-state index in [0.717, 1.165) is 28.9 Å². The summed E-state index contributed by atoms with van der Waals surface area (Å²) in [5, 5.41) is 18.6. The maximum atomic E-state index is 13.2. The molecule has 7 nitrogen and oxygen atoms in total. The highest BCUT2D eigenvalue weighted by molar-refractivity contribution is 7.99. The highest BCUT2D eigenvalue weighted by atomic mass is 32.2. The van der Waals surface area contributed by atoms with E-state index in [1.54, 1.807) is 28.8 Å². The molecule has 8 heteroatoms. The normalized spacial score (nSPS) is 14.6. The average molecular weight is 474 g/mol. The third-order valence-electron chi connectivity index (χ3n) is 5.58. The number of hydrogen-bond donors (Lipinski definition) is 0. The minimum Gasteiger partial charge on any atom is -0.447 e. The zero-order valence-corrected chi connectivity index (χ0v) is 20.6. The largest absolute Gasteiger partial charge is 0.447 e. The van der Waals surface area contributed by atoms with Crippen molar-refractivity contribution in [3.8, 4) is 23.2 Å². The molecule has 1 atom stereocenters. The first kappa shape index (κ1) is 23.7. The molecule has 1 aliphatic rings.